The number of ether oxygens (including phenoxy) is 1. The van der Waals surface area contributed by atoms with Gasteiger partial charge in [0.05, 0.1) is 19.7 Å². The molecular formula is C18H26N6O. The van der Waals surface area contributed by atoms with E-state index in [2.05, 4.69) is 43.1 Å². The Labute approximate surface area is 148 Å². The highest BCUT2D eigenvalue weighted by Crippen LogP contribution is 2.26. The predicted octanol–water partition coefficient (Wildman–Crippen LogP) is 1.18. The zero-order valence-corrected chi connectivity index (χ0v) is 14.7. The van der Waals surface area contributed by atoms with Gasteiger partial charge in [0.2, 0.25) is 0 Å². The summed E-state index contributed by atoms with van der Waals surface area (Å²) in [5.41, 5.74) is 7.95. The van der Waals surface area contributed by atoms with Crippen molar-refractivity contribution < 1.29 is 4.74 Å². The number of fused-ring (bicyclic) bond motifs is 1. The van der Waals surface area contributed by atoms with E-state index in [1.54, 1.807) is 7.11 Å². The second kappa shape index (κ2) is 7.51. The second-order valence-corrected chi connectivity index (χ2v) is 6.81. The molecule has 1 aromatic heterocycles. The third-order valence-electron chi connectivity index (χ3n) is 5.19. The molecule has 2 aliphatic heterocycles. The number of aromatic nitrogens is 3. The van der Waals surface area contributed by atoms with Crippen LogP contribution in [0.1, 0.15) is 36.1 Å². The van der Waals surface area contributed by atoms with E-state index < -0.39 is 0 Å². The Balaban J connectivity index is 1.34. The highest BCUT2D eigenvalue weighted by Gasteiger charge is 2.28. The van der Waals surface area contributed by atoms with Crippen LogP contribution in [0, 0.1) is 5.92 Å². The summed E-state index contributed by atoms with van der Waals surface area (Å²) in [6, 6.07) is 8.59. The number of hydrazine groups is 1. The number of nitrogens with zero attached hydrogens (tertiary/aromatic N) is 3. The molecule has 2 atom stereocenters. The van der Waals surface area contributed by atoms with Gasteiger partial charge in [0.1, 0.15) is 17.4 Å². The van der Waals surface area contributed by atoms with E-state index in [-0.39, 0.29) is 0 Å². The fourth-order valence-electron chi connectivity index (χ4n) is 3.76. The molecule has 0 bridgehead atoms. The minimum Gasteiger partial charge on any atom is -0.497 e. The number of benzene rings is 1. The van der Waals surface area contributed by atoms with Gasteiger partial charge in [-0.3, -0.25) is 5.43 Å². The molecule has 134 valence electrons. The lowest BCUT2D eigenvalue weighted by Crippen LogP contribution is -2.29. The van der Waals surface area contributed by atoms with Gasteiger partial charge in [0, 0.05) is 32.0 Å². The highest BCUT2D eigenvalue weighted by molar-refractivity contribution is 5.30. The molecule has 1 fully saturated rings. The molecule has 2 aliphatic rings. The molecular weight excluding hydrogens is 316 g/mol. The maximum atomic E-state index is 5.25. The Morgan fingerprint density at radius 2 is 2.12 bits per heavy atom. The molecule has 0 aliphatic carbocycles. The lowest BCUT2D eigenvalue weighted by molar-refractivity contribution is 0.412. The van der Waals surface area contributed by atoms with E-state index in [1.807, 2.05) is 12.1 Å². The molecule has 1 aromatic carbocycles. The summed E-state index contributed by atoms with van der Waals surface area (Å²) in [6.07, 6.45) is 3.52. The average Bonchev–Trinajstić information content (AvgIpc) is 3.29. The number of methoxy groups -OCH3 is 1. The zero-order chi connectivity index (χ0) is 17.1. The van der Waals surface area contributed by atoms with Crippen LogP contribution in [0.5, 0.6) is 5.75 Å². The van der Waals surface area contributed by atoms with Crippen LogP contribution in [0.15, 0.2) is 24.3 Å². The molecule has 2 unspecified atom stereocenters. The molecule has 4 rings (SSSR count). The van der Waals surface area contributed by atoms with Crippen molar-refractivity contribution in [3.05, 3.63) is 41.5 Å². The zero-order valence-electron chi connectivity index (χ0n) is 14.7. The molecule has 7 nitrogen and oxygen atoms in total. The SMILES string of the molecule is COc1ccc(C2NNCC2CNCc2nnc3n2CCCC3)cc1. The molecule has 1 saturated heterocycles. The number of hydrogen-bond donors (Lipinski definition) is 3. The molecule has 0 spiro atoms. The summed E-state index contributed by atoms with van der Waals surface area (Å²) in [4.78, 5) is 0. The van der Waals surface area contributed by atoms with E-state index >= 15 is 0 Å². The number of nitrogens with one attached hydrogen (secondary N) is 3. The predicted molar refractivity (Wildman–Crippen MR) is 95.0 cm³/mol. The molecule has 3 heterocycles. The minimum atomic E-state index is 0.297. The van der Waals surface area contributed by atoms with Gasteiger partial charge in [-0.2, -0.15) is 0 Å². The van der Waals surface area contributed by atoms with Crippen LogP contribution in [0.2, 0.25) is 0 Å². The first-order chi connectivity index (χ1) is 12.3. The number of aryl methyl sites for hydroxylation is 1. The van der Waals surface area contributed by atoms with Gasteiger partial charge in [-0.1, -0.05) is 12.1 Å². The van der Waals surface area contributed by atoms with Gasteiger partial charge in [-0.25, -0.2) is 5.43 Å². The van der Waals surface area contributed by atoms with Crippen LogP contribution in [0.3, 0.4) is 0 Å². The Bertz CT molecular complexity index is 698. The molecule has 7 heteroatoms. The normalized spacial score (nSPS) is 22.8. The summed E-state index contributed by atoms with van der Waals surface area (Å²) in [6.45, 7) is 3.71. The van der Waals surface area contributed by atoms with Crippen molar-refractivity contribution in [1.29, 1.82) is 0 Å². The second-order valence-electron chi connectivity index (χ2n) is 6.81. The first-order valence-electron chi connectivity index (χ1n) is 9.09. The standard InChI is InChI=1S/C18H26N6O/c1-25-15-7-5-13(6-8-15)18-14(11-20-23-18)10-19-12-17-22-21-16-4-2-3-9-24(16)17/h5-8,14,18-20,23H,2-4,9-12H2,1H3. The van der Waals surface area contributed by atoms with Gasteiger partial charge in [0.15, 0.2) is 0 Å². The van der Waals surface area contributed by atoms with Crippen LogP contribution in [-0.2, 0) is 19.5 Å². The van der Waals surface area contributed by atoms with Crippen LogP contribution < -0.4 is 20.9 Å². The van der Waals surface area contributed by atoms with E-state index in [4.69, 9.17) is 4.74 Å². The monoisotopic (exact) mass is 342 g/mol. The quantitative estimate of drug-likeness (QED) is 0.732. The fourth-order valence-corrected chi connectivity index (χ4v) is 3.76. The van der Waals surface area contributed by atoms with Gasteiger partial charge >= 0.3 is 0 Å². The Morgan fingerprint density at radius 3 is 2.96 bits per heavy atom. The Hall–Kier alpha value is -1.96. The Kier molecular flexibility index (Phi) is 4.96. The van der Waals surface area contributed by atoms with Crippen molar-refractivity contribution in [2.45, 2.75) is 38.4 Å². The van der Waals surface area contributed by atoms with Crippen LogP contribution in [0.25, 0.3) is 0 Å². The van der Waals surface area contributed by atoms with Gasteiger partial charge in [-0.15, -0.1) is 10.2 Å². The van der Waals surface area contributed by atoms with Gasteiger partial charge in [-0.05, 0) is 30.5 Å². The Morgan fingerprint density at radius 1 is 1.24 bits per heavy atom. The average molecular weight is 342 g/mol. The van der Waals surface area contributed by atoms with Crippen molar-refractivity contribution >= 4 is 0 Å². The van der Waals surface area contributed by atoms with Crippen molar-refractivity contribution in [3.8, 4) is 5.75 Å². The van der Waals surface area contributed by atoms with Crippen LogP contribution >= 0.6 is 0 Å². The van der Waals surface area contributed by atoms with E-state index in [0.29, 0.717) is 12.0 Å². The smallest absolute Gasteiger partial charge is 0.147 e. The maximum Gasteiger partial charge on any atom is 0.147 e. The van der Waals surface area contributed by atoms with Crippen molar-refractivity contribution in [3.63, 3.8) is 0 Å². The highest BCUT2D eigenvalue weighted by atomic mass is 16.5. The minimum absolute atomic E-state index is 0.297. The van der Waals surface area contributed by atoms with E-state index in [0.717, 1.165) is 50.0 Å². The molecule has 3 N–H and O–H groups in total. The summed E-state index contributed by atoms with van der Waals surface area (Å²) in [7, 11) is 1.69. The van der Waals surface area contributed by atoms with E-state index in [1.165, 1.54) is 18.4 Å². The third-order valence-corrected chi connectivity index (χ3v) is 5.19. The summed E-state index contributed by atoms with van der Waals surface area (Å²) < 4.78 is 7.53. The van der Waals surface area contributed by atoms with E-state index in [9.17, 15) is 0 Å². The molecule has 0 saturated carbocycles. The lowest BCUT2D eigenvalue weighted by Gasteiger charge is -2.20. The van der Waals surface area contributed by atoms with Gasteiger partial charge < -0.3 is 14.6 Å². The lowest BCUT2D eigenvalue weighted by atomic mass is 9.95. The molecule has 2 aromatic rings. The fraction of sp³-hybridized carbons (Fsp3) is 0.556. The molecule has 0 amide bonds. The summed E-state index contributed by atoms with van der Waals surface area (Å²) in [5, 5.41) is 12.3. The molecule has 0 radical (unpaired) electrons. The molecule has 25 heavy (non-hydrogen) atoms. The topological polar surface area (TPSA) is 76.0 Å². The summed E-state index contributed by atoms with van der Waals surface area (Å²) >= 11 is 0. The largest absolute Gasteiger partial charge is 0.497 e. The van der Waals surface area contributed by atoms with Gasteiger partial charge in [0.25, 0.3) is 0 Å². The first-order valence-corrected chi connectivity index (χ1v) is 9.09. The number of hydrogen-bond acceptors (Lipinski definition) is 6. The number of rotatable bonds is 6. The van der Waals surface area contributed by atoms with Crippen molar-refractivity contribution in [1.82, 2.24) is 30.9 Å². The first kappa shape index (κ1) is 16.5. The maximum absolute atomic E-state index is 5.25. The van der Waals surface area contributed by atoms with Crippen LogP contribution in [0.4, 0.5) is 0 Å². The third kappa shape index (κ3) is 3.53. The van der Waals surface area contributed by atoms with Crippen LogP contribution in [-0.4, -0.2) is 35.0 Å². The van der Waals surface area contributed by atoms with Crippen molar-refractivity contribution in [2.24, 2.45) is 5.92 Å². The van der Waals surface area contributed by atoms with Crippen molar-refractivity contribution in [2.75, 3.05) is 20.2 Å². The summed E-state index contributed by atoms with van der Waals surface area (Å²) in [5.74, 6) is 3.58.